The van der Waals surface area contributed by atoms with Crippen molar-refractivity contribution in [2.45, 2.75) is 47.0 Å². The van der Waals surface area contributed by atoms with Crippen molar-refractivity contribution in [2.75, 3.05) is 37.7 Å². The first-order valence-electron chi connectivity index (χ1n) is 11.5. The molecule has 33 heavy (non-hydrogen) atoms. The van der Waals surface area contributed by atoms with Crippen LogP contribution in [-0.4, -0.2) is 57.4 Å². The Morgan fingerprint density at radius 3 is 2.58 bits per heavy atom. The van der Waals surface area contributed by atoms with Crippen LogP contribution < -0.4 is 10.5 Å². The number of fused-ring (bicyclic) bond motifs is 1. The Morgan fingerprint density at radius 2 is 1.91 bits per heavy atom. The predicted octanol–water partition coefficient (Wildman–Crippen LogP) is 4.26. The Morgan fingerprint density at radius 1 is 1.18 bits per heavy atom. The summed E-state index contributed by atoms with van der Waals surface area (Å²) in [5.41, 5.74) is 1.80. The molecule has 1 fully saturated rings. The molecule has 1 amide bonds. The van der Waals surface area contributed by atoms with Gasteiger partial charge in [0.15, 0.2) is 0 Å². The standard InChI is InChI=1S/C24H32N4O3S2/c1-5-11-26(12-6-2)21-18(22(29)28-16-17(4)9-10-20(28)25-21)15-19-23(30)27(24(32)33-19)13-8-14-31-7-3/h9-10,15-16H,5-8,11-14H2,1-4H3/b19-15-. The van der Waals surface area contributed by atoms with Gasteiger partial charge < -0.3 is 9.64 Å². The summed E-state index contributed by atoms with van der Waals surface area (Å²) < 4.78 is 7.45. The normalized spacial score (nSPS) is 15.3. The van der Waals surface area contributed by atoms with Crippen LogP contribution in [-0.2, 0) is 9.53 Å². The van der Waals surface area contributed by atoms with Crippen LogP contribution >= 0.6 is 24.0 Å². The zero-order valence-electron chi connectivity index (χ0n) is 19.8. The van der Waals surface area contributed by atoms with Gasteiger partial charge in [0.25, 0.3) is 11.5 Å². The van der Waals surface area contributed by atoms with Gasteiger partial charge in [0.05, 0.1) is 10.5 Å². The topological polar surface area (TPSA) is 67.2 Å². The number of carbonyl (C=O) groups is 1. The molecule has 0 unspecified atom stereocenters. The van der Waals surface area contributed by atoms with Crippen molar-refractivity contribution in [3.63, 3.8) is 0 Å². The Bertz CT molecular complexity index is 1110. The maximum atomic E-state index is 13.6. The molecular formula is C24H32N4O3S2. The highest BCUT2D eigenvalue weighted by molar-refractivity contribution is 8.26. The van der Waals surface area contributed by atoms with Crippen molar-refractivity contribution >= 4 is 51.7 Å². The van der Waals surface area contributed by atoms with E-state index in [1.165, 1.54) is 11.8 Å². The highest BCUT2D eigenvalue weighted by Crippen LogP contribution is 2.33. The average molecular weight is 489 g/mol. The largest absolute Gasteiger partial charge is 0.382 e. The molecule has 178 valence electrons. The second-order valence-electron chi connectivity index (χ2n) is 7.96. The fraction of sp³-hybridized carbons (Fsp3) is 0.500. The first kappa shape index (κ1) is 25.4. The minimum absolute atomic E-state index is 0.168. The summed E-state index contributed by atoms with van der Waals surface area (Å²) in [6.07, 6.45) is 6.03. The van der Waals surface area contributed by atoms with Crippen molar-refractivity contribution in [3.8, 4) is 0 Å². The zero-order chi connectivity index (χ0) is 24.0. The molecule has 0 N–H and O–H groups in total. The van der Waals surface area contributed by atoms with Crippen LogP contribution in [0.5, 0.6) is 0 Å². The Kier molecular flexibility index (Phi) is 9.05. The third-order valence-corrected chi connectivity index (χ3v) is 6.67. The molecule has 7 nitrogen and oxygen atoms in total. The number of nitrogens with zero attached hydrogens (tertiary/aromatic N) is 4. The lowest BCUT2D eigenvalue weighted by Gasteiger charge is -2.24. The molecule has 1 aliphatic rings. The maximum absolute atomic E-state index is 13.6. The van der Waals surface area contributed by atoms with Crippen LogP contribution in [0, 0.1) is 6.92 Å². The summed E-state index contributed by atoms with van der Waals surface area (Å²) in [5, 5.41) is 0. The van der Waals surface area contributed by atoms with Crippen LogP contribution in [0.2, 0.25) is 0 Å². The van der Waals surface area contributed by atoms with E-state index < -0.39 is 0 Å². The van der Waals surface area contributed by atoms with Crippen LogP contribution in [0.4, 0.5) is 5.82 Å². The van der Waals surface area contributed by atoms with Crippen molar-refractivity contribution < 1.29 is 9.53 Å². The second-order valence-corrected chi connectivity index (χ2v) is 9.64. The van der Waals surface area contributed by atoms with E-state index >= 15 is 0 Å². The van der Waals surface area contributed by atoms with E-state index in [-0.39, 0.29) is 11.5 Å². The summed E-state index contributed by atoms with van der Waals surface area (Å²) in [4.78, 5) is 35.7. The molecule has 2 aromatic rings. The highest BCUT2D eigenvalue weighted by Gasteiger charge is 2.32. The first-order chi connectivity index (χ1) is 15.9. The molecule has 0 atom stereocenters. The van der Waals surface area contributed by atoms with Crippen LogP contribution in [0.15, 0.2) is 28.0 Å². The van der Waals surface area contributed by atoms with Crippen molar-refractivity contribution in [1.29, 1.82) is 0 Å². The average Bonchev–Trinajstić information content (AvgIpc) is 3.06. The van der Waals surface area contributed by atoms with Gasteiger partial charge in [-0.1, -0.05) is 43.9 Å². The van der Waals surface area contributed by atoms with E-state index in [9.17, 15) is 9.59 Å². The summed E-state index contributed by atoms with van der Waals surface area (Å²) in [6, 6.07) is 3.81. The van der Waals surface area contributed by atoms with Gasteiger partial charge in [-0.15, -0.1) is 0 Å². The molecule has 1 aliphatic heterocycles. The van der Waals surface area contributed by atoms with Gasteiger partial charge in [0.2, 0.25) is 0 Å². The zero-order valence-corrected chi connectivity index (χ0v) is 21.4. The highest BCUT2D eigenvalue weighted by atomic mass is 32.2. The van der Waals surface area contributed by atoms with Gasteiger partial charge in [-0.3, -0.25) is 18.9 Å². The fourth-order valence-corrected chi connectivity index (χ4v) is 5.06. The van der Waals surface area contributed by atoms with E-state index in [1.807, 2.05) is 26.0 Å². The van der Waals surface area contributed by atoms with Gasteiger partial charge in [0.1, 0.15) is 15.8 Å². The molecule has 9 heteroatoms. The van der Waals surface area contributed by atoms with Gasteiger partial charge in [-0.2, -0.15) is 0 Å². The van der Waals surface area contributed by atoms with E-state index in [4.69, 9.17) is 21.9 Å². The molecule has 2 aromatic heterocycles. The monoisotopic (exact) mass is 488 g/mol. The first-order valence-corrected chi connectivity index (χ1v) is 12.7. The Labute approximate surface area is 204 Å². The number of hydrogen-bond acceptors (Lipinski definition) is 7. The van der Waals surface area contributed by atoms with E-state index in [0.29, 0.717) is 52.4 Å². The molecule has 0 spiro atoms. The van der Waals surface area contributed by atoms with Crippen LogP contribution in [0.3, 0.4) is 0 Å². The Hall–Kier alpha value is -2.23. The number of aromatic nitrogens is 2. The van der Waals surface area contributed by atoms with Gasteiger partial charge in [0, 0.05) is 39.0 Å². The molecule has 1 saturated heterocycles. The number of rotatable bonds is 11. The second kappa shape index (κ2) is 11.8. The predicted molar refractivity (Wildman–Crippen MR) is 140 cm³/mol. The lowest BCUT2D eigenvalue weighted by molar-refractivity contribution is -0.122. The van der Waals surface area contributed by atoms with Gasteiger partial charge in [-0.25, -0.2) is 4.98 Å². The third-order valence-electron chi connectivity index (χ3n) is 5.30. The summed E-state index contributed by atoms with van der Waals surface area (Å²) in [7, 11) is 0. The minimum atomic E-state index is -0.183. The number of thioether (sulfide) groups is 1. The number of pyridine rings is 1. The quantitative estimate of drug-likeness (QED) is 0.266. The third kappa shape index (κ3) is 5.83. The molecule has 0 saturated carbocycles. The summed E-state index contributed by atoms with van der Waals surface area (Å²) >= 11 is 6.70. The molecular weight excluding hydrogens is 456 g/mol. The lowest BCUT2D eigenvalue weighted by Crippen LogP contribution is -2.31. The summed E-state index contributed by atoms with van der Waals surface area (Å²) in [5.74, 6) is 0.452. The number of anilines is 1. The summed E-state index contributed by atoms with van der Waals surface area (Å²) in [6.45, 7) is 11.4. The molecule has 0 bridgehead atoms. The van der Waals surface area contributed by atoms with Crippen LogP contribution in [0.25, 0.3) is 11.7 Å². The van der Waals surface area contributed by atoms with Crippen molar-refractivity contribution in [3.05, 3.63) is 44.7 Å². The number of amides is 1. The minimum Gasteiger partial charge on any atom is -0.382 e. The number of hydrogen-bond donors (Lipinski definition) is 0. The number of aryl methyl sites for hydroxylation is 1. The molecule has 0 aromatic carbocycles. The van der Waals surface area contributed by atoms with Crippen molar-refractivity contribution in [2.24, 2.45) is 0 Å². The molecule has 3 heterocycles. The molecule has 0 aliphatic carbocycles. The maximum Gasteiger partial charge on any atom is 0.267 e. The van der Waals surface area contributed by atoms with E-state index in [2.05, 4.69) is 18.7 Å². The van der Waals surface area contributed by atoms with Gasteiger partial charge in [-0.05, 0) is 50.8 Å². The number of ether oxygens (including phenoxy) is 1. The van der Waals surface area contributed by atoms with Crippen LogP contribution in [0.1, 0.15) is 51.2 Å². The van der Waals surface area contributed by atoms with Gasteiger partial charge >= 0.3 is 0 Å². The Balaban J connectivity index is 2.06. The van der Waals surface area contributed by atoms with E-state index in [1.54, 1.807) is 21.6 Å². The van der Waals surface area contributed by atoms with Crippen molar-refractivity contribution in [1.82, 2.24) is 14.3 Å². The molecule has 0 radical (unpaired) electrons. The number of thiocarbonyl (C=S) groups is 1. The smallest absolute Gasteiger partial charge is 0.267 e. The lowest BCUT2D eigenvalue weighted by atomic mass is 10.2. The molecule has 3 rings (SSSR count). The number of carbonyl (C=O) groups excluding carboxylic acids is 1. The van der Waals surface area contributed by atoms with E-state index in [0.717, 1.165) is 31.5 Å². The SMILES string of the molecule is CCCN(CCC)c1nc2ccc(C)cn2c(=O)c1/C=C1\SC(=S)N(CCCOCC)C1=O. The fourth-order valence-electron chi connectivity index (χ4n) is 3.77.